The first-order valence-electron chi connectivity index (χ1n) is 7.59. The van der Waals surface area contributed by atoms with Crippen molar-refractivity contribution in [3.05, 3.63) is 47.5 Å². The van der Waals surface area contributed by atoms with Gasteiger partial charge in [-0.3, -0.25) is 0 Å². The Morgan fingerprint density at radius 2 is 1.54 bits per heavy atom. The Bertz CT molecular complexity index is 1040. The van der Waals surface area contributed by atoms with Crippen molar-refractivity contribution < 1.29 is 9.47 Å². The number of aryl methyl sites for hydroxylation is 1. The maximum atomic E-state index is 5.48. The van der Waals surface area contributed by atoms with E-state index >= 15 is 0 Å². The topological polar surface area (TPSA) is 44.2 Å². The Morgan fingerprint density at radius 1 is 0.875 bits per heavy atom. The summed E-state index contributed by atoms with van der Waals surface area (Å²) >= 11 is 1.60. The third-order valence-corrected chi connectivity index (χ3v) is 4.88. The van der Waals surface area contributed by atoms with Crippen LogP contribution in [0.1, 0.15) is 5.01 Å². The molecule has 4 rings (SSSR count). The third kappa shape index (κ3) is 2.29. The molecule has 0 unspecified atom stereocenters. The van der Waals surface area contributed by atoms with Gasteiger partial charge in [0.25, 0.3) is 0 Å². The normalized spacial score (nSPS) is 11.1. The fraction of sp³-hybridized carbons (Fsp3) is 0.158. The number of thiazole rings is 1. The summed E-state index contributed by atoms with van der Waals surface area (Å²) in [5, 5.41) is 3.04. The quantitative estimate of drug-likeness (QED) is 0.537. The molecule has 0 aliphatic carbocycles. The fourth-order valence-corrected chi connectivity index (χ4v) is 3.72. The minimum absolute atomic E-state index is 0.690. The van der Waals surface area contributed by atoms with E-state index < -0.39 is 0 Å². The second kappa shape index (κ2) is 5.76. The predicted octanol–water partition coefficient (Wildman–Crippen LogP) is 4.84. The molecule has 24 heavy (non-hydrogen) atoms. The molecule has 0 saturated carbocycles. The molecule has 120 valence electrons. The van der Waals surface area contributed by atoms with Crippen molar-refractivity contribution in [2.75, 3.05) is 14.2 Å². The van der Waals surface area contributed by atoms with Gasteiger partial charge in [0.15, 0.2) is 11.5 Å². The van der Waals surface area contributed by atoms with Gasteiger partial charge < -0.3 is 9.47 Å². The largest absolute Gasteiger partial charge is 0.493 e. The van der Waals surface area contributed by atoms with Crippen LogP contribution in [0.4, 0.5) is 0 Å². The molecular formula is C19H16N2O2S. The van der Waals surface area contributed by atoms with Crippen LogP contribution in [0.5, 0.6) is 11.5 Å². The molecule has 4 aromatic rings. The molecule has 2 heterocycles. The van der Waals surface area contributed by atoms with E-state index in [-0.39, 0.29) is 0 Å². The van der Waals surface area contributed by atoms with Crippen molar-refractivity contribution in [2.24, 2.45) is 0 Å². The van der Waals surface area contributed by atoms with E-state index in [4.69, 9.17) is 14.5 Å². The number of rotatable bonds is 3. The highest BCUT2D eigenvalue weighted by molar-refractivity contribution is 7.18. The molecule has 0 saturated heterocycles. The van der Waals surface area contributed by atoms with Crippen molar-refractivity contribution in [1.82, 2.24) is 9.97 Å². The number of benzene rings is 2. The summed E-state index contributed by atoms with van der Waals surface area (Å²) < 4.78 is 11.0. The summed E-state index contributed by atoms with van der Waals surface area (Å²) in [6.45, 7) is 2.00. The van der Waals surface area contributed by atoms with Crippen LogP contribution in [0.25, 0.3) is 32.4 Å². The average molecular weight is 336 g/mol. The van der Waals surface area contributed by atoms with Crippen LogP contribution in [0.3, 0.4) is 0 Å². The number of hydrogen-bond donors (Lipinski definition) is 0. The van der Waals surface area contributed by atoms with Crippen molar-refractivity contribution in [1.29, 1.82) is 0 Å². The minimum atomic E-state index is 0.690. The molecule has 0 spiro atoms. The molecule has 5 heteroatoms. The number of nitrogens with zero attached hydrogens (tertiary/aromatic N) is 2. The Morgan fingerprint density at radius 3 is 2.21 bits per heavy atom. The number of fused-ring (bicyclic) bond motifs is 3. The molecule has 0 aliphatic rings. The van der Waals surface area contributed by atoms with Gasteiger partial charge in [-0.15, -0.1) is 0 Å². The number of pyridine rings is 1. The van der Waals surface area contributed by atoms with Crippen LogP contribution >= 0.6 is 11.3 Å². The average Bonchev–Trinajstić information content (AvgIpc) is 3.01. The standard InChI is InChI=1S/C19H16N2O2S/c1-11-20-18-14-10-16(23-3)15(22-2)9-13(14)17(21-19(18)24-11)12-7-5-4-6-8-12/h4-10H,1-3H3. The van der Waals surface area contributed by atoms with Gasteiger partial charge in [-0.25, -0.2) is 9.97 Å². The third-order valence-electron chi connectivity index (χ3n) is 4.01. The Kier molecular flexibility index (Phi) is 3.58. The van der Waals surface area contributed by atoms with E-state index in [0.29, 0.717) is 11.5 Å². The lowest BCUT2D eigenvalue weighted by Gasteiger charge is -2.12. The minimum Gasteiger partial charge on any atom is -0.493 e. The first kappa shape index (κ1) is 14.9. The first-order valence-corrected chi connectivity index (χ1v) is 8.41. The van der Waals surface area contributed by atoms with Crippen molar-refractivity contribution >= 4 is 32.5 Å². The molecule has 0 aliphatic heterocycles. The Labute approximate surface area is 143 Å². The van der Waals surface area contributed by atoms with Crippen molar-refractivity contribution in [3.8, 4) is 22.8 Å². The summed E-state index contributed by atoms with van der Waals surface area (Å²) in [7, 11) is 3.29. The lowest BCUT2D eigenvalue weighted by molar-refractivity contribution is 0.356. The number of ether oxygens (including phenoxy) is 2. The van der Waals surface area contributed by atoms with E-state index in [1.807, 2.05) is 37.3 Å². The Hall–Kier alpha value is -2.66. The van der Waals surface area contributed by atoms with Gasteiger partial charge in [-0.2, -0.15) is 0 Å². The van der Waals surface area contributed by atoms with E-state index in [1.165, 1.54) is 0 Å². The van der Waals surface area contributed by atoms with Gasteiger partial charge in [-0.1, -0.05) is 41.7 Å². The van der Waals surface area contributed by atoms with E-state index in [1.54, 1.807) is 25.6 Å². The van der Waals surface area contributed by atoms with Crippen LogP contribution < -0.4 is 9.47 Å². The van der Waals surface area contributed by atoms with Gasteiger partial charge in [0.2, 0.25) is 0 Å². The zero-order valence-electron chi connectivity index (χ0n) is 13.7. The van der Waals surface area contributed by atoms with Gasteiger partial charge in [0.05, 0.1) is 24.9 Å². The zero-order valence-corrected chi connectivity index (χ0v) is 14.5. The maximum absolute atomic E-state index is 5.48. The molecule has 4 nitrogen and oxygen atoms in total. The fourth-order valence-electron chi connectivity index (χ4n) is 2.92. The predicted molar refractivity (Wildman–Crippen MR) is 98.2 cm³/mol. The van der Waals surface area contributed by atoms with Gasteiger partial charge in [-0.05, 0) is 19.1 Å². The zero-order chi connectivity index (χ0) is 16.7. The molecule has 0 N–H and O–H groups in total. The van der Waals surface area contributed by atoms with E-state index in [9.17, 15) is 0 Å². The molecule has 0 atom stereocenters. The van der Waals surface area contributed by atoms with Crippen molar-refractivity contribution in [2.45, 2.75) is 6.92 Å². The van der Waals surface area contributed by atoms with Crippen molar-refractivity contribution in [3.63, 3.8) is 0 Å². The second-order valence-electron chi connectivity index (χ2n) is 5.47. The molecule has 0 fully saturated rings. The maximum Gasteiger partial charge on any atom is 0.161 e. The molecule has 2 aromatic carbocycles. The smallest absolute Gasteiger partial charge is 0.161 e. The van der Waals surface area contributed by atoms with E-state index in [0.717, 1.165) is 37.4 Å². The van der Waals surface area contributed by atoms with Crippen LogP contribution in [-0.2, 0) is 0 Å². The highest BCUT2D eigenvalue weighted by atomic mass is 32.1. The summed E-state index contributed by atoms with van der Waals surface area (Å²) in [5.74, 6) is 1.39. The van der Waals surface area contributed by atoms with Gasteiger partial charge in [0.1, 0.15) is 10.3 Å². The number of methoxy groups -OCH3 is 2. The van der Waals surface area contributed by atoms with E-state index in [2.05, 4.69) is 17.1 Å². The molecule has 0 radical (unpaired) electrons. The van der Waals surface area contributed by atoms with Gasteiger partial charge in [0, 0.05) is 16.3 Å². The molecule has 2 aromatic heterocycles. The SMILES string of the molecule is COc1cc2c(-c3ccccc3)nc3sc(C)nc3c2cc1OC. The monoisotopic (exact) mass is 336 g/mol. The molecule has 0 bridgehead atoms. The summed E-state index contributed by atoms with van der Waals surface area (Å²) in [5.41, 5.74) is 2.92. The van der Waals surface area contributed by atoms with Crippen LogP contribution in [-0.4, -0.2) is 24.2 Å². The Balaban J connectivity index is 2.17. The summed E-state index contributed by atoms with van der Waals surface area (Å²) in [4.78, 5) is 10.5. The number of hydrogen-bond acceptors (Lipinski definition) is 5. The summed E-state index contributed by atoms with van der Waals surface area (Å²) in [6.07, 6.45) is 0. The highest BCUT2D eigenvalue weighted by Crippen LogP contribution is 2.40. The summed E-state index contributed by atoms with van der Waals surface area (Å²) in [6, 6.07) is 14.2. The van der Waals surface area contributed by atoms with Crippen LogP contribution in [0, 0.1) is 6.92 Å². The second-order valence-corrected chi connectivity index (χ2v) is 6.65. The highest BCUT2D eigenvalue weighted by Gasteiger charge is 2.17. The first-order chi connectivity index (χ1) is 11.7. The number of aromatic nitrogens is 2. The lowest BCUT2D eigenvalue weighted by Crippen LogP contribution is -1.93. The molecular weight excluding hydrogens is 320 g/mol. The van der Waals surface area contributed by atoms with Crippen LogP contribution in [0.15, 0.2) is 42.5 Å². The lowest BCUT2D eigenvalue weighted by atomic mass is 10.0. The molecule has 0 amide bonds. The van der Waals surface area contributed by atoms with Crippen LogP contribution in [0.2, 0.25) is 0 Å². The van der Waals surface area contributed by atoms with Gasteiger partial charge >= 0.3 is 0 Å².